The Bertz CT molecular complexity index is 242. The maximum atomic E-state index is 9.22. The largest absolute Gasteiger partial charge is 0.313 e. The summed E-state index contributed by atoms with van der Waals surface area (Å²) in [5.74, 6) is 0.805. The van der Waals surface area contributed by atoms with Crippen LogP contribution in [0, 0.1) is 23.2 Å². The monoisotopic (exact) mass is 193 g/mol. The van der Waals surface area contributed by atoms with Crippen molar-refractivity contribution >= 4 is 0 Å². The van der Waals surface area contributed by atoms with Crippen LogP contribution in [0.2, 0.25) is 0 Å². The summed E-state index contributed by atoms with van der Waals surface area (Å²) in [5.41, 5.74) is 5.71. The van der Waals surface area contributed by atoms with E-state index in [-0.39, 0.29) is 0 Å². The van der Waals surface area contributed by atoms with Crippen molar-refractivity contribution < 1.29 is 0 Å². The molecule has 1 saturated heterocycles. The number of nitriles is 1. The van der Waals surface area contributed by atoms with Gasteiger partial charge in [-0.05, 0) is 19.4 Å². The number of nitrogens with zero attached hydrogens (tertiary/aromatic N) is 2. The summed E-state index contributed by atoms with van der Waals surface area (Å²) in [4.78, 5) is 2.44. The Morgan fingerprint density at radius 1 is 1.43 bits per heavy atom. The molecule has 0 spiro atoms. The standard InChI is InChI=1S/C11H19N3/c1-2-14-6-9-4-3-5-10(7-14)11(9,13)8-12/h9-10H,2-7,13H2,1H3. The minimum atomic E-state index is -0.524. The van der Waals surface area contributed by atoms with Crippen LogP contribution in [0.25, 0.3) is 0 Å². The number of likely N-dealkylation sites (tertiary alicyclic amines) is 1. The minimum absolute atomic E-state index is 0.403. The maximum Gasteiger partial charge on any atom is 0.112 e. The molecule has 2 aliphatic rings. The molecule has 2 unspecified atom stereocenters. The maximum absolute atomic E-state index is 9.22. The van der Waals surface area contributed by atoms with Crippen LogP contribution in [-0.4, -0.2) is 30.1 Å². The van der Waals surface area contributed by atoms with Crippen LogP contribution in [0.15, 0.2) is 0 Å². The molecule has 0 amide bonds. The Morgan fingerprint density at radius 2 is 2.00 bits per heavy atom. The molecule has 0 radical (unpaired) electrons. The number of hydrogen-bond acceptors (Lipinski definition) is 3. The van der Waals surface area contributed by atoms with E-state index in [1.165, 1.54) is 6.42 Å². The molecule has 2 fully saturated rings. The summed E-state index contributed by atoms with van der Waals surface area (Å²) < 4.78 is 0. The third kappa shape index (κ3) is 1.34. The van der Waals surface area contributed by atoms with E-state index in [1.54, 1.807) is 0 Å². The van der Waals surface area contributed by atoms with Gasteiger partial charge in [0.1, 0.15) is 5.54 Å². The zero-order valence-electron chi connectivity index (χ0n) is 8.87. The molecule has 2 bridgehead atoms. The van der Waals surface area contributed by atoms with Gasteiger partial charge < -0.3 is 10.6 Å². The van der Waals surface area contributed by atoms with Gasteiger partial charge in [0.2, 0.25) is 0 Å². The summed E-state index contributed by atoms with van der Waals surface area (Å²) in [5, 5.41) is 9.22. The van der Waals surface area contributed by atoms with Crippen molar-refractivity contribution in [1.82, 2.24) is 4.90 Å². The predicted molar refractivity (Wildman–Crippen MR) is 55.5 cm³/mol. The molecule has 0 aromatic carbocycles. The van der Waals surface area contributed by atoms with Crippen LogP contribution >= 0.6 is 0 Å². The van der Waals surface area contributed by atoms with Gasteiger partial charge in [-0.2, -0.15) is 5.26 Å². The quantitative estimate of drug-likeness (QED) is 0.675. The molecule has 14 heavy (non-hydrogen) atoms. The second kappa shape index (κ2) is 3.52. The first kappa shape index (κ1) is 9.95. The van der Waals surface area contributed by atoms with Crippen LogP contribution < -0.4 is 5.73 Å². The molecule has 2 N–H and O–H groups in total. The lowest BCUT2D eigenvalue weighted by Crippen LogP contribution is -2.64. The highest BCUT2D eigenvalue weighted by Crippen LogP contribution is 2.40. The molecule has 78 valence electrons. The highest BCUT2D eigenvalue weighted by atomic mass is 15.2. The Hall–Kier alpha value is -0.590. The van der Waals surface area contributed by atoms with Gasteiger partial charge in [0.25, 0.3) is 0 Å². The second-order valence-electron chi connectivity index (χ2n) is 4.72. The molecule has 2 rings (SSSR count). The van der Waals surface area contributed by atoms with Crippen molar-refractivity contribution in [2.24, 2.45) is 17.6 Å². The van der Waals surface area contributed by atoms with Crippen LogP contribution in [0.4, 0.5) is 0 Å². The Labute approximate surface area is 85.9 Å². The van der Waals surface area contributed by atoms with Crippen molar-refractivity contribution in [2.75, 3.05) is 19.6 Å². The molecule has 0 aromatic heterocycles. The van der Waals surface area contributed by atoms with Gasteiger partial charge in [0, 0.05) is 24.9 Å². The second-order valence-corrected chi connectivity index (χ2v) is 4.72. The van der Waals surface area contributed by atoms with E-state index in [2.05, 4.69) is 17.9 Å². The summed E-state index contributed by atoms with van der Waals surface area (Å²) >= 11 is 0. The number of rotatable bonds is 1. The lowest BCUT2D eigenvalue weighted by Gasteiger charge is -2.50. The first-order chi connectivity index (χ1) is 6.70. The van der Waals surface area contributed by atoms with Crippen LogP contribution in [0.5, 0.6) is 0 Å². The average molecular weight is 193 g/mol. The minimum Gasteiger partial charge on any atom is -0.313 e. The van der Waals surface area contributed by atoms with Gasteiger partial charge in [0.05, 0.1) is 6.07 Å². The highest BCUT2D eigenvalue weighted by Gasteiger charge is 2.49. The normalized spacial score (nSPS) is 43.2. The first-order valence-electron chi connectivity index (χ1n) is 5.63. The number of nitrogens with two attached hydrogens (primary N) is 1. The zero-order chi connectivity index (χ0) is 10.2. The van der Waals surface area contributed by atoms with Crippen LogP contribution in [0.3, 0.4) is 0 Å². The Balaban J connectivity index is 2.20. The molecule has 1 saturated carbocycles. The summed E-state index contributed by atoms with van der Waals surface area (Å²) in [6.07, 6.45) is 3.53. The van der Waals surface area contributed by atoms with Crippen molar-refractivity contribution in [2.45, 2.75) is 31.7 Å². The lowest BCUT2D eigenvalue weighted by atomic mass is 9.64. The number of piperidine rings is 1. The van der Waals surface area contributed by atoms with E-state index in [0.717, 1.165) is 32.5 Å². The first-order valence-corrected chi connectivity index (χ1v) is 5.63. The molecule has 1 heterocycles. The van der Waals surface area contributed by atoms with E-state index in [4.69, 9.17) is 5.73 Å². The van der Waals surface area contributed by atoms with Crippen LogP contribution in [0.1, 0.15) is 26.2 Å². The van der Waals surface area contributed by atoms with E-state index < -0.39 is 5.54 Å². The van der Waals surface area contributed by atoms with Gasteiger partial charge in [-0.25, -0.2) is 0 Å². The van der Waals surface area contributed by atoms with Gasteiger partial charge >= 0.3 is 0 Å². The van der Waals surface area contributed by atoms with Gasteiger partial charge in [-0.1, -0.05) is 13.3 Å². The fourth-order valence-corrected chi connectivity index (χ4v) is 3.04. The molecule has 1 aliphatic carbocycles. The van der Waals surface area contributed by atoms with Crippen molar-refractivity contribution in [1.29, 1.82) is 5.26 Å². The lowest BCUT2D eigenvalue weighted by molar-refractivity contribution is 0.0329. The third-order valence-corrected chi connectivity index (χ3v) is 4.05. The Morgan fingerprint density at radius 3 is 2.43 bits per heavy atom. The predicted octanol–water partition coefficient (Wildman–Crippen LogP) is 0.959. The molecule has 3 heteroatoms. The van der Waals surface area contributed by atoms with E-state index >= 15 is 0 Å². The molecular formula is C11H19N3. The Kier molecular flexibility index (Phi) is 2.50. The molecule has 1 aliphatic heterocycles. The summed E-state index contributed by atoms with van der Waals surface area (Å²) in [7, 11) is 0. The number of hydrogen-bond donors (Lipinski definition) is 1. The zero-order valence-corrected chi connectivity index (χ0v) is 8.87. The van der Waals surface area contributed by atoms with E-state index in [9.17, 15) is 5.26 Å². The molecule has 0 aromatic rings. The molecule has 2 atom stereocenters. The van der Waals surface area contributed by atoms with Crippen molar-refractivity contribution in [3.05, 3.63) is 0 Å². The van der Waals surface area contributed by atoms with Crippen molar-refractivity contribution in [3.8, 4) is 6.07 Å². The molecular weight excluding hydrogens is 174 g/mol. The van der Waals surface area contributed by atoms with E-state index in [1.807, 2.05) is 0 Å². The summed E-state index contributed by atoms with van der Waals surface area (Å²) in [6.45, 7) is 5.33. The van der Waals surface area contributed by atoms with Crippen LogP contribution in [-0.2, 0) is 0 Å². The molecule has 3 nitrogen and oxygen atoms in total. The van der Waals surface area contributed by atoms with Gasteiger partial charge in [-0.15, -0.1) is 0 Å². The fraction of sp³-hybridized carbons (Fsp3) is 0.909. The van der Waals surface area contributed by atoms with Crippen molar-refractivity contribution in [3.63, 3.8) is 0 Å². The number of fused-ring (bicyclic) bond motifs is 2. The third-order valence-electron chi connectivity index (χ3n) is 4.05. The smallest absolute Gasteiger partial charge is 0.112 e. The summed E-state index contributed by atoms with van der Waals surface area (Å²) in [6, 6.07) is 2.38. The van der Waals surface area contributed by atoms with Gasteiger partial charge in [-0.3, -0.25) is 0 Å². The SMILES string of the molecule is CCN1CC2CCCC(C1)C2(N)C#N. The fourth-order valence-electron chi connectivity index (χ4n) is 3.04. The van der Waals surface area contributed by atoms with E-state index in [0.29, 0.717) is 11.8 Å². The van der Waals surface area contributed by atoms with Gasteiger partial charge in [0.15, 0.2) is 0 Å². The average Bonchev–Trinajstić information content (AvgIpc) is 2.17. The highest BCUT2D eigenvalue weighted by molar-refractivity contribution is 5.17. The topological polar surface area (TPSA) is 53.0 Å².